The first kappa shape index (κ1) is 12.2. The van der Waals surface area contributed by atoms with Gasteiger partial charge < -0.3 is 15.0 Å². The van der Waals surface area contributed by atoms with Crippen LogP contribution in [0.2, 0.25) is 0 Å². The molecule has 1 aliphatic heterocycles. The Hall–Kier alpha value is -1.85. The molecule has 1 heterocycles. The van der Waals surface area contributed by atoms with Crippen LogP contribution < -0.4 is 10.8 Å². The van der Waals surface area contributed by atoms with E-state index in [1.54, 1.807) is 12.1 Å². The van der Waals surface area contributed by atoms with Crippen molar-refractivity contribution in [3.8, 4) is 0 Å². The van der Waals surface area contributed by atoms with Gasteiger partial charge in [0.15, 0.2) is 0 Å². The number of rotatable bonds is 3. The average Bonchev–Trinajstić information content (AvgIpc) is 2.80. The molecular weight excluding hydrogens is 244 g/mol. The SMILES string of the molecule is OB1OCc2ccc(NCc3ccc(F)cc3)cc21. The molecule has 5 heteroatoms. The van der Waals surface area contributed by atoms with Gasteiger partial charge in [0.1, 0.15) is 5.82 Å². The molecule has 0 unspecified atom stereocenters. The largest absolute Gasteiger partial charge is 0.491 e. The first-order chi connectivity index (χ1) is 9.22. The fourth-order valence-electron chi connectivity index (χ4n) is 2.13. The van der Waals surface area contributed by atoms with Crippen LogP contribution in [0.3, 0.4) is 0 Å². The van der Waals surface area contributed by atoms with Crippen molar-refractivity contribution in [3.05, 3.63) is 59.4 Å². The summed E-state index contributed by atoms with van der Waals surface area (Å²) in [5.41, 5.74) is 3.73. The predicted octanol–water partition coefficient (Wildman–Crippen LogP) is 1.66. The molecule has 2 aromatic rings. The Morgan fingerprint density at radius 3 is 2.79 bits per heavy atom. The topological polar surface area (TPSA) is 41.5 Å². The second kappa shape index (κ2) is 5.03. The van der Waals surface area contributed by atoms with E-state index in [2.05, 4.69) is 5.32 Å². The van der Waals surface area contributed by atoms with E-state index in [9.17, 15) is 9.41 Å². The van der Waals surface area contributed by atoms with Crippen LogP contribution in [0.15, 0.2) is 42.5 Å². The lowest BCUT2D eigenvalue weighted by molar-refractivity contribution is 0.275. The summed E-state index contributed by atoms with van der Waals surface area (Å²) in [7, 11) is -0.831. The Kier molecular flexibility index (Phi) is 3.23. The van der Waals surface area contributed by atoms with Crippen molar-refractivity contribution >= 4 is 18.3 Å². The van der Waals surface area contributed by atoms with Gasteiger partial charge in [0, 0.05) is 12.2 Å². The molecule has 2 N–H and O–H groups in total. The minimum Gasteiger partial charge on any atom is -0.423 e. The average molecular weight is 257 g/mol. The summed E-state index contributed by atoms with van der Waals surface area (Å²) in [6, 6.07) is 12.1. The maximum atomic E-state index is 12.8. The lowest BCUT2D eigenvalue weighted by atomic mass is 9.79. The third-order valence-corrected chi connectivity index (χ3v) is 3.22. The Labute approximate surface area is 111 Å². The Morgan fingerprint density at radius 2 is 2.00 bits per heavy atom. The van der Waals surface area contributed by atoms with Gasteiger partial charge in [-0.1, -0.05) is 18.2 Å². The molecule has 0 aromatic heterocycles. The molecule has 1 aliphatic rings. The van der Waals surface area contributed by atoms with E-state index in [4.69, 9.17) is 4.65 Å². The van der Waals surface area contributed by atoms with Gasteiger partial charge in [-0.2, -0.15) is 0 Å². The van der Waals surface area contributed by atoms with Gasteiger partial charge in [0.2, 0.25) is 0 Å². The van der Waals surface area contributed by atoms with Crippen LogP contribution in [-0.4, -0.2) is 12.1 Å². The molecule has 0 aliphatic carbocycles. The van der Waals surface area contributed by atoms with Crippen LogP contribution in [0.5, 0.6) is 0 Å². The number of fused-ring (bicyclic) bond motifs is 1. The normalized spacial score (nSPS) is 13.5. The Balaban J connectivity index is 1.70. The number of nitrogens with one attached hydrogen (secondary N) is 1. The van der Waals surface area contributed by atoms with Crippen molar-refractivity contribution in [2.75, 3.05) is 5.32 Å². The minimum absolute atomic E-state index is 0.235. The quantitative estimate of drug-likeness (QED) is 0.821. The highest BCUT2D eigenvalue weighted by atomic mass is 19.1. The van der Waals surface area contributed by atoms with Crippen molar-refractivity contribution < 1.29 is 14.1 Å². The molecule has 0 saturated heterocycles. The molecule has 0 atom stereocenters. The van der Waals surface area contributed by atoms with E-state index in [1.807, 2.05) is 18.2 Å². The molecule has 3 nitrogen and oxygen atoms in total. The first-order valence-corrected chi connectivity index (χ1v) is 6.13. The minimum atomic E-state index is -0.831. The standard InChI is InChI=1S/C14H13BFNO2/c16-12-4-1-10(2-5-12)8-17-13-6-3-11-9-19-15(18)14(11)7-13/h1-7,17-18H,8-9H2. The molecule has 19 heavy (non-hydrogen) atoms. The third kappa shape index (κ3) is 2.62. The summed E-state index contributed by atoms with van der Waals surface area (Å²) in [5, 5.41) is 12.9. The van der Waals surface area contributed by atoms with Crippen molar-refractivity contribution in [3.63, 3.8) is 0 Å². The van der Waals surface area contributed by atoms with E-state index >= 15 is 0 Å². The number of anilines is 1. The maximum Gasteiger partial charge on any atom is 0.491 e. The van der Waals surface area contributed by atoms with Crippen molar-refractivity contribution in [1.82, 2.24) is 0 Å². The lowest BCUT2D eigenvalue weighted by Gasteiger charge is -2.08. The second-order valence-corrected chi connectivity index (χ2v) is 4.56. The Bertz CT molecular complexity index is 588. The first-order valence-electron chi connectivity index (χ1n) is 6.13. The fraction of sp³-hybridized carbons (Fsp3) is 0.143. The van der Waals surface area contributed by atoms with Crippen molar-refractivity contribution in [2.45, 2.75) is 13.2 Å². The fourth-order valence-corrected chi connectivity index (χ4v) is 2.13. The van der Waals surface area contributed by atoms with Gasteiger partial charge in [0.05, 0.1) is 6.61 Å². The van der Waals surface area contributed by atoms with Crippen LogP contribution >= 0.6 is 0 Å². The smallest absolute Gasteiger partial charge is 0.423 e. The molecule has 0 bridgehead atoms. The van der Waals surface area contributed by atoms with Crippen molar-refractivity contribution in [1.29, 1.82) is 0 Å². The monoisotopic (exact) mass is 257 g/mol. The highest BCUT2D eigenvalue weighted by molar-refractivity contribution is 6.61. The molecule has 0 spiro atoms. The molecule has 96 valence electrons. The van der Waals surface area contributed by atoms with Gasteiger partial charge >= 0.3 is 7.12 Å². The van der Waals surface area contributed by atoms with Crippen LogP contribution in [0.25, 0.3) is 0 Å². The van der Waals surface area contributed by atoms with Crippen LogP contribution in [0, 0.1) is 5.82 Å². The summed E-state index contributed by atoms with van der Waals surface area (Å²) in [5.74, 6) is -0.235. The number of benzene rings is 2. The van der Waals surface area contributed by atoms with Crippen LogP contribution in [0.4, 0.5) is 10.1 Å². The zero-order chi connectivity index (χ0) is 13.2. The lowest BCUT2D eigenvalue weighted by Crippen LogP contribution is -2.28. The van der Waals surface area contributed by atoms with E-state index in [0.717, 1.165) is 22.3 Å². The molecule has 0 radical (unpaired) electrons. The van der Waals surface area contributed by atoms with Gasteiger partial charge in [-0.15, -0.1) is 0 Å². The zero-order valence-electron chi connectivity index (χ0n) is 10.3. The van der Waals surface area contributed by atoms with Crippen LogP contribution in [0.1, 0.15) is 11.1 Å². The third-order valence-electron chi connectivity index (χ3n) is 3.22. The van der Waals surface area contributed by atoms with Gasteiger partial charge in [-0.05, 0) is 40.9 Å². The van der Waals surface area contributed by atoms with Gasteiger partial charge in [0.25, 0.3) is 0 Å². The highest BCUT2D eigenvalue weighted by Gasteiger charge is 2.27. The summed E-state index contributed by atoms with van der Waals surface area (Å²) in [4.78, 5) is 0. The number of halogens is 1. The van der Waals surface area contributed by atoms with E-state index in [1.165, 1.54) is 12.1 Å². The second-order valence-electron chi connectivity index (χ2n) is 4.56. The molecule has 0 amide bonds. The molecule has 0 fully saturated rings. The molecule has 2 aromatic carbocycles. The van der Waals surface area contributed by atoms with E-state index in [0.29, 0.717) is 13.2 Å². The van der Waals surface area contributed by atoms with Crippen molar-refractivity contribution in [2.24, 2.45) is 0 Å². The molecular formula is C14H13BFNO2. The number of hydrogen-bond acceptors (Lipinski definition) is 3. The van der Waals surface area contributed by atoms with Gasteiger partial charge in [-0.3, -0.25) is 0 Å². The van der Waals surface area contributed by atoms with E-state index < -0.39 is 7.12 Å². The zero-order valence-corrected chi connectivity index (χ0v) is 10.3. The summed E-state index contributed by atoms with van der Waals surface area (Å²) >= 11 is 0. The summed E-state index contributed by atoms with van der Waals surface area (Å²) in [6.45, 7) is 1.06. The Morgan fingerprint density at radius 1 is 1.21 bits per heavy atom. The summed E-state index contributed by atoms with van der Waals surface area (Å²) < 4.78 is 17.9. The number of hydrogen-bond donors (Lipinski definition) is 2. The predicted molar refractivity (Wildman–Crippen MR) is 72.6 cm³/mol. The maximum absolute atomic E-state index is 12.8. The van der Waals surface area contributed by atoms with Gasteiger partial charge in [-0.25, -0.2) is 4.39 Å². The summed E-state index contributed by atoms with van der Waals surface area (Å²) in [6.07, 6.45) is 0. The molecule has 0 saturated carbocycles. The highest BCUT2D eigenvalue weighted by Crippen LogP contribution is 2.15. The van der Waals surface area contributed by atoms with E-state index in [-0.39, 0.29) is 5.82 Å². The molecule has 3 rings (SSSR count). The van der Waals surface area contributed by atoms with Crippen LogP contribution in [-0.2, 0) is 17.8 Å².